The van der Waals surface area contributed by atoms with E-state index in [1.807, 2.05) is 54.6 Å². The first kappa shape index (κ1) is 22.9. The van der Waals surface area contributed by atoms with Crippen molar-refractivity contribution in [2.75, 3.05) is 20.8 Å². The molecule has 0 aliphatic carbocycles. The average molecular weight is 459 g/mol. The molecule has 0 radical (unpaired) electrons. The van der Waals surface area contributed by atoms with E-state index in [1.54, 1.807) is 25.3 Å². The number of amides is 2. The normalized spacial score (nSPS) is 14.3. The minimum Gasteiger partial charge on any atom is -0.497 e. The molecule has 7 heteroatoms. The molecule has 1 fully saturated rings. The van der Waals surface area contributed by atoms with Crippen molar-refractivity contribution in [2.24, 2.45) is 0 Å². The number of hydrogen-bond acceptors (Lipinski definition) is 6. The highest BCUT2D eigenvalue weighted by atomic mass is 16.6. The largest absolute Gasteiger partial charge is 0.497 e. The predicted molar refractivity (Wildman–Crippen MR) is 127 cm³/mol. The molecule has 4 rings (SSSR count). The topological polar surface area (TPSA) is 74.3 Å². The Kier molecular flexibility index (Phi) is 7.13. The number of methoxy groups -OCH3 is 2. The maximum Gasteiger partial charge on any atom is 0.422 e. The zero-order valence-electron chi connectivity index (χ0n) is 19.0. The number of aryl methyl sites for hydroxylation is 1. The summed E-state index contributed by atoms with van der Waals surface area (Å²) in [6, 6.07) is 22.5. The van der Waals surface area contributed by atoms with Crippen molar-refractivity contribution in [1.29, 1.82) is 0 Å². The fraction of sp³-hybridized carbons (Fsp3) is 0.185. The number of hydrogen-bond donors (Lipinski definition) is 0. The van der Waals surface area contributed by atoms with Gasteiger partial charge in [-0.25, -0.2) is 9.69 Å². The van der Waals surface area contributed by atoms with Crippen LogP contribution >= 0.6 is 0 Å². The van der Waals surface area contributed by atoms with Crippen molar-refractivity contribution in [3.8, 4) is 23.0 Å². The summed E-state index contributed by atoms with van der Waals surface area (Å²) in [5.74, 6) is 2.16. The monoisotopic (exact) mass is 459 g/mol. The lowest BCUT2D eigenvalue weighted by Crippen LogP contribution is -2.30. The van der Waals surface area contributed by atoms with E-state index in [0.29, 0.717) is 29.9 Å². The number of nitrogens with zero attached hydrogens (tertiary/aromatic N) is 1. The molecule has 1 aliphatic heterocycles. The van der Waals surface area contributed by atoms with Gasteiger partial charge < -0.3 is 18.9 Å². The Morgan fingerprint density at radius 3 is 2.26 bits per heavy atom. The Morgan fingerprint density at radius 2 is 1.56 bits per heavy atom. The lowest BCUT2D eigenvalue weighted by molar-refractivity contribution is -0.123. The van der Waals surface area contributed by atoms with E-state index in [4.69, 9.17) is 18.9 Å². The minimum atomic E-state index is -0.671. The molecule has 0 atom stereocenters. The summed E-state index contributed by atoms with van der Waals surface area (Å²) in [4.78, 5) is 26.1. The third-order valence-electron chi connectivity index (χ3n) is 5.35. The molecule has 1 saturated heterocycles. The van der Waals surface area contributed by atoms with Gasteiger partial charge in [-0.1, -0.05) is 30.3 Å². The van der Waals surface area contributed by atoms with E-state index in [1.165, 1.54) is 13.2 Å². The second kappa shape index (κ2) is 10.6. The zero-order chi connectivity index (χ0) is 23.9. The molecule has 34 heavy (non-hydrogen) atoms. The summed E-state index contributed by atoms with van der Waals surface area (Å²) in [6.45, 7) is 0.261. The highest BCUT2D eigenvalue weighted by Crippen LogP contribution is 2.29. The van der Waals surface area contributed by atoms with Gasteiger partial charge in [0.1, 0.15) is 23.0 Å². The summed E-state index contributed by atoms with van der Waals surface area (Å²) in [6.07, 6.45) is 2.15. The lowest BCUT2D eigenvalue weighted by Gasteiger charge is -2.10. The minimum absolute atomic E-state index is 0.0316. The Morgan fingerprint density at radius 1 is 0.853 bits per heavy atom. The van der Waals surface area contributed by atoms with Crippen LogP contribution in [0.25, 0.3) is 6.08 Å². The van der Waals surface area contributed by atoms with Crippen LogP contribution in [0.15, 0.2) is 78.6 Å². The van der Waals surface area contributed by atoms with Gasteiger partial charge in [-0.05, 0) is 60.9 Å². The number of para-hydroxylation sites is 1. The van der Waals surface area contributed by atoms with Gasteiger partial charge in [-0.3, -0.25) is 4.79 Å². The number of ether oxygens (including phenoxy) is 4. The van der Waals surface area contributed by atoms with Gasteiger partial charge in [0.05, 0.1) is 14.2 Å². The van der Waals surface area contributed by atoms with Crippen molar-refractivity contribution in [3.05, 3.63) is 89.7 Å². The number of rotatable bonds is 9. The van der Waals surface area contributed by atoms with Gasteiger partial charge in [0.15, 0.2) is 5.76 Å². The van der Waals surface area contributed by atoms with Crippen LogP contribution in [-0.2, 0) is 16.0 Å². The molecule has 0 bridgehead atoms. The van der Waals surface area contributed by atoms with E-state index < -0.39 is 12.0 Å². The fourth-order valence-electron chi connectivity index (χ4n) is 3.56. The van der Waals surface area contributed by atoms with Crippen molar-refractivity contribution in [1.82, 2.24) is 4.90 Å². The highest BCUT2D eigenvalue weighted by Gasteiger charge is 2.36. The van der Waals surface area contributed by atoms with Crippen LogP contribution in [0, 0.1) is 0 Å². The van der Waals surface area contributed by atoms with Gasteiger partial charge in [0.2, 0.25) is 0 Å². The van der Waals surface area contributed by atoms with Crippen LogP contribution in [0.4, 0.5) is 4.79 Å². The second-order valence-corrected chi connectivity index (χ2v) is 7.60. The number of imide groups is 1. The molecule has 3 aromatic rings. The summed E-state index contributed by atoms with van der Waals surface area (Å²) in [5, 5.41) is 0. The van der Waals surface area contributed by atoms with Crippen LogP contribution in [0.3, 0.4) is 0 Å². The molecular weight excluding hydrogens is 434 g/mol. The van der Waals surface area contributed by atoms with Gasteiger partial charge >= 0.3 is 6.09 Å². The summed E-state index contributed by atoms with van der Waals surface area (Å²) in [7, 11) is 3.08. The van der Waals surface area contributed by atoms with Crippen molar-refractivity contribution < 1.29 is 28.5 Å². The fourth-order valence-corrected chi connectivity index (χ4v) is 3.56. The lowest BCUT2D eigenvalue weighted by atomic mass is 10.1. The maximum absolute atomic E-state index is 12.7. The summed E-state index contributed by atoms with van der Waals surface area (Å²) < 4.78 is 21.5. The van der Waals surface area contributed by atoms with Gasteiger partial charge in [-0.2, -0.15) is 0 Å². The molecule has 7 nitrogen and oxygen atoms in total. The average Bonchev–Trinajstić information content (AvgIpc) is 3.13. The molecule has 174 valence electrons. The molecule has 1 heterocycles. The van der Waals surface area contributed by atoms with E-state index in [-0.39, 0.29) is 12.3 Å². The zero-order valence-corrected chi connectivity index (χ0v) is 19.0. The van der Waals surface area contributed by atoms with Crippen LogP contribution < -0.4 is 14.2 Å². The first-order chi connectivity index (χ1) is 16.6. The number of benzene rings is 3. The standard InChI is InChI=1S/C27H25NO6/c1-31-23-15-12-20(24(18-23)32-2)17-25-26(29)28(27(30)34-25)16-6-7-19-10-13-22(14-11-19)33-21-8-4-3-5-9-21/h3-5,8-15,17-18H,6-7,16H2,1-2H3. The third kappa shape index (κ3) is 5.38. The molecule has 3 aromatic carbocycles. The molecule has 2 amide bonds. The van der Waals surface area contributed by atoms with Gasteiger partial charge in [0, 0.05) is 18.2 Å². The molecule has 0 N–H and O–H groups in total. The molecule has 0 unspecified atom stereocenters. The SMILES string of the molecule is COc1ccc(C=C2OC(=O)N(CCCc3ccc(Oc4ccccc4)cc3)C2=O)c(OC)c1. The summed E-state index contributed by atoms with van der Waals surface area (Å²) >= 11 is 0. The molecular formula is C27H25NO6. The Hall–Kier alpha value is -4.26. The van der Waals surface area contributed by atoms with E-state index in [9.17, 15) is 9.59 Å². The maximum atomic E-state index is 12.7. The van der Waals surface area contributed by atoms with Crippen molar-refractivity contribution in [2.45, 2.75) is 12.8 Å². The first-order valence-electron chi connectivity index (χ1n) is 10.9. The van der Waals surface area contributed by atoms with E-state index in [0.717, 1.165) is 22.0 Å². The Bertz CT molecular complexity index is 1190. The number of carbonyl (C=O) groups excluding carboxylic acids is 2. The van der Waals surface area contributed by atoms with Gasteiger partial charge in [0.25, 0.3) is 5.91 Å². The molecule has 1 aliphatic rings. The van der Waals surface area contributed by atoms with Crippen molar-refractivity contribution >= 4 is 18.1 Å². The first-order valence-corrected chi connectivity index (χ1v) is 10.9. The van der Waals surface area contributed by atoms with Crippen LogP contribution in [0.2, 0.25) is 0 Å². The Balaban J connectivity index is 1.34. The molecule has 0 aromatic heterocycles. The smallest absolute Gasteiger partial charge is 0.422 e. The highest BCUT2D eigenvalue weighted by molar-refractivity contribution is 6.10. The van der Waals surface area contributed by atoms with Crippen LogP contribution in [0.5, 0.6) is 23.0 Å². The molecule has 0 spiro atoms. The third-order valence-corrected chi connectivity index (χ3v) is 5.35. The van der Waals surface area contributed by atoms with E-state index in [2.05, 4.69) is 0 Å². The van der Waals surface area contributed by atoms with Crippen molar-refractivity contribution in [3.63, 3.8) is 0 Å². The quantitative estimate of drug-likeness (QED) is 0.396. The predicted octanol–water partition coefficient (Wildman–Crippen LogP) is 5.45. The van der Waals surface area contributed by atoms with E-state index >= 15 is 0 Å². The second-order valence-electron chi connectivity index (χ2n) is 7.60. The number of carbonyl (C=O) groups is 2. The number of cyclic esters (lactones) is 1. The van der Waals surface area contributed by atoms with Gasteiger partial charge in [-0.15, -0.1) is 0 Å². The molecule has 0 saturated carbocycles. The Labute approximate surface area is 198 Å². The van der Waals surface area contributed by atoms with Crippen LogP contribution in [-0.4, -0.2) is 37.7 Å². The summed E-state index contributed by atoms with van der Waals surface area (Å²) in [5.41, 5.74) is 1.69. The van der Waals surface area contributed by atoms with Crippen LogP contribution in [0.1, 0.15) is 17.5 Å².